The van der Waals surface area contributed by atoms with E-state index in [4.69, 9.17) is 28.4 Å². The van der Waals surface area contributed by atoms with E-state index >= 15 is 0 Å². The van der Waals surface area contributed by atoms with Crippen LogP contribution in [0, 0.1) is 0 Å². The summed E-state index contributed by atoms with van der Waals surface area (Å²) in [6.07, 6.45) is 69.4. The molecule has 0 aromatic carbocycles. The van der Waals surface area contributed by atoms with E-state index in [9.17, 15) is 61.0 Å². The van der Waals surface area contributed by atoms with Crippen molar-refractivity contribution in [1.29, 1.82) is 0 Å². The van der Waals surface area contributed by atoms with Crippen molar-refractivity contribution in [1.82, 2.24) is 5.32 Å². The lowest BCUT2D eigenvalue weighted by molar-refractivity contribution is -0.379. The van der Waals surface area contributed by atoms with E-state index in [1.807, 2.05) is 6.08 Å². The average molecular weight is 1630 g/mol. The summed E-state index contributed by atoms with van der Waals surface area (Å²) in [7, 11) is 0. The number of carbonyl (C=O) groups is 1. The molecule has 0 aromatic heterocycles. The molecule has 0 aliphatic carbocycles. The van der Waals surface area contributed by atoms with Crippen LogP contribution >= 0.6 is 0 Å². The minimum atomic E-state index is -1.98. The van der Waals surface area contributed by atoms with E-state index in [1.54, 1.807) is 6.08 Å². The number of rotatable bonds is 81. The highest BCUT2D eigenvalue weighted by Crippen LogP contribution is 2.34. The first kappa shape index (κ1) is 106. The van der Waals surface area contributed by atoms with Gasteiger partial charge in [0.2, 0.25) is 5.91 Å². The molecule has 0 spiro atoms. The molecule has 3 saturated heterocycles. The molecule has 0 aromatic rings. The Morgan fingerprint density at radius 2 is 0.561 bits per heavy atom. The number of amides is 1. The van der Waals surface area contributed by atoms with Crippen LogP contribution in [0.2, 0.25) is 0 Å². The van der Waals surface area contributed by atoms with Gasteiger partial charge < -0.3 is 89.9 Å². The SMILES string of the molecule is CCCCCCCCCCCCCCCCCCCCCCCCCCC/C=C/CC/C=C/C(O)C(COC1OC(CO)C(OC2OC(CO)C(OC3OC(CO)C(O)C(O)C3O)C(O)C2O)C(O)C1O)NC(=O)CCCCCCCCCCCCCCCCCCCCCCCCCCCCCCCCCCCCCCCC. The van der Waals surface area contributed by atoms with Gasteiger partial charge in [0.15, 0.2) is 18.9 Å². The van der Waals surface area contributed by atoms with Crippen molar-refractivity contribution in [2.24, 2.45) is 0 Å². The first-order valence-corrected chi connectivity index (χ1v) is 48.6. The lowest BCUT2D eigenvalue weighted by atomic mass is 9.96. The molecule has 674 valence electrons. The molecule has 17 atom stereocenters. The number of allylic oxidation sites excluding steroid dienone is 3. The molecule has 114 heavy (non-hydrogen) atoms. The first-order valence-electron chi connectivity index (χ1n) is 48.6. The van der Waals surface area contributed by atoms with Gasteiger partial charge in [0.25, 0.3) is 0 Å². The molecule has 3 rings (SSSR count). The highest BCUT2D eigenvalue weighted by molar-refractivity contribution is 5.76. The maximum atomic E-state index is 13.5. The average Bonchev–Trinajstić information content (AvgIpc) is 0.783. The zero-order valence-electron chi connectivity index (χ0n) is 73.1. The normalized spacial score (nSPS) is 24.7. The van der Waals surface area contributed by atoms with Crippen LogP contribution in [0.3, 0.4) is 0 Å². The van der Waals surface area contributed by atoms with E-state index < -0.39 is 124 Å². The molecule has 3 heterocycles. The van der Waals surface area contributed by atoms with Gasteiger partial charge >= 0.3 is 0 Å². The van der Waals surface area contributed by atoms with Crippen LogP contribution in [0.4, 0.5) is 0 Å². The van der Waals surface area contributed by atoms with Crippen LogP contribution in [0.25, 0.3) is 0 Å². The summed E-state index contributed by atoms with van der Waals surface area (Å²) < 4.78 is 34.5. The van der Waals surface area contributed by atoms with E-state index in [0.29, 0.717) is 12.8 Å². The Kier molecular flexibility index (Phi) is 70.1. The Morgan fingerprint density at radius 3 is 0.877 bits per heavy atom. The Hall–Kier alpha value is -1.73. The van der Waals surface area contributed by atoms with Crippen molar-refractivity contribution >= 4 is 5.91 Å². The standard InChI is InChI=1S/C95H181NO18/c1-3-5-7-9-11-13-15-17-19-21-23-25-27-29-31-33-35-36-37-38-39-40-41-43-45-47-49-51-53-55-57-59-61-63-65-67-69-71-73-83(101)96-78(79(100)72-70-68-66-64-62-60-58-56-54-52-50-48-46-44-42-34-32-30-28-26-24-22-20-18-16-14-12-10-8-6-4-2)77-109-93-89(107)86(104)91(81(75-98)111-93)114-95-90(108)87(105)92(82(76-99)112-95)113-94-88(106)85(103)84(102)80(74-97)110-94/h62,64,70,72,78-82,84-95,97-100,102-108H,3-61,63,65-69,71,73-77H2,1-2H3,(H,96,101)/b64-62+,72-70+. The maximum absolute atomic E-state index is 13.5. The van der Waals surface area contributed by atoms with Crippen LogP contribution in [-0.4, -0.2) is 193 Å². The summed E-state index contributed by atoms with van der Waals surface area (Å²) in [5.41, 5.74) is 0. The summed E-state index contributed by atoms with van der Waals surface area (Å²) >= 11 is 0. The molecule has 0 bridgehead atoms. The third-order valence-corrected chi connectivity index (χ3v) is 24.5. The second-order valence-corrected chi connectivity index (χ2v) is 34.9. The number of hydrogen-bond acceptors (Lipinski definition) is 18. The molecule has 0 saturated carbocycles. The summed E-state index contributed by atoms with van der Waals surface area (Å²) in [5, 5.41) is 121. The first-order chi connectivity index (χ1) is 55.8. The van der Waals surface area contributed by atoms with Gasteiger partial charge in [-0.2, -0.15) is 0 Å². The topological polar surface area (TPSA) is 307 Å². The van der Waals surface area contributed by atoms with Crippen LogP contribution in [-0.2, 0) is 33.2 Å². The Bertz CT molecular complexity index is 2140. The lowest BCUT2D eigenvalue weighted by Gasteiger charge is -2.48. The number of unbranched alkanes of at least 4 members (excludes halogenated alkanes) is 63. The molecule has 19 nitrogen and oxygen atoms in total. The Balaban J connectivity index is 1.30. The molecular formula is C95H181NO18. The van der Waals surface area contributed by atoms with Gasteiger partial charge in [-0.05, 0) is 32.1 Å². The van der Waals surface area contributed by atoms with Crippen molar-refractivity contribution in [2.75, 3.05) is 26.4 Å². The van der Waals surface area contributed by atoms with Gasteiger partial charge in [-0.25, -0.2) is 0 Å². The van der Waals surface area contributed by atoms with Gasteiger partial charge in [-0.1, -0.05) is 430 Å². The van der Waals surface area contributed by atoms with Crippen LogP contribution in [0.15, 0.2) is 24.3 Å². The highest BCUT2D eigenvalue weighted by atomic mass is 16.8. The molecule has 3 aliphatic heterocycles. The summed E-state index contributed by atoms with van der Waals surface area (Å²) in [4.78, 5) is 13.5. The predicted octanol–water partition coefficient (Wildman–Crippen LogP) is 19.6. The van der Waals surface area contributed by atoms with Crippen molar-refractivity contribution in [3.8, 4) is 0 Å². The molecule has 3 aliphatic rings. The van der Waals surface area contributed by atoms with E-state index in [0.717, 1.165) is 38.5 Å². The van der Waals surface area contributed by atoms with Crippen LogP contribution in [0.5, 0.6) is 0 Å². The van der Waals surface area contributed by atoms with Crippen molar-refractivity contribution < 1.29 is 89.4 Å². The third kappa shape index (κ3) is 52.6. The second-order valence-electron chi connectivity index (χ2n) is 34.9. The minimum absolute atomic E-state index is 0.242. The number of carbonyl (C=O) groups excluding carboxylic acids is 1. The van der Waals surface area contributed by atoms with E-state index in [2.05, 4.69) is 31.3 Å². The van der Waals surface area contributed by atoms with Crippen molar-refractivity contribution in [3.63, 3.8) is 0 Å². The predicted molar refractivity (Wildman–Crippen MR) is 462 cm³/mol. The largest absolute Gasteiger partial charge is 0.394 e. The smallest absolute Gasteiger partial charge is 0.220 e. The summed E-state index contributed by atoms with van der Waals surface area (Å²) in [5.74, 6) is -0.275. The zero-order chi connectivity index (χ0) is 82.4. The second kappa shape index (κ2) is 75.0. The quantitative estimate of drug-likeness (QED) is 0.0199. The highest BCUT2D eigenvalue weighted by Gasteiger charge is 2.54. The molecule has 19 heteroatoms. The molecular weight excluding hydrogens is 1440 g/mol. The fourth-order valence-corrected chi connectivity index (χ4v) is 16.8. The lowest BCUT2D eigenvalue weighted by Crippen LogP contribution is -2.66. The molecule has 12 N–H and O–H groups in total. The molecule has 1 amide bonds. The van der Waals surface area contributed by atoms with Crippen LogP contribution in [0.1, 0.15) is 444 Å². The fraction of sp³-hybridized carbons (Fsp3) is 0.947. The molecule has 0 radical (unpaired) electrons. The number of hydrogen-bond donors (Lipinski definition) is 12. The summed E-state index contributed by atoms with van der Waals surface area (Å²) in [6.45, 7) is 1.81. The van der Waals surface area contributed by atoms with Gasteiger partial charge in [-0.15, -0.1) is 0 Å². The van der Waals surface area contributed by atoms with Crippen molar-refractivity contribution in [3.05, 3.63) is 24.3 Å². The fourth-order valence-electron chi connectivity index (χ4n) is 16.8. The number of aliphatic hydroxyl groups is 11. The van der Waals surface area contributed by atoms with E-state index in [1.165, 1.54) is 372 Å². The number of nitrogens with one attached hydrogen (secondary N) is 1. The van der Waals surface area contributed by atoms with Gasteiger partial charge in [-0.3, -0.25) is 4.79 Å². The Morgan fingerprint density at radius 1 is 0.307 bits per heavy atom. The summed E-state index contributed by atoms with van der Waals surface area (Å²) in [6, 6.07) is -0.990. The minimum Gasteiger partial charge on any atom is -0.394 e. The monoisotopic (exact) mass is 1620 g/mol. The van der Waals surface area contributed by atoms with Gasteiger partial charge in [0, 0.05) is 6.42 Å². The molecule has 17 unspecified atom stereocenters. The van der Waals surface area contributed by atoms with Gasteiger partial charge in [0.1, 0.15) is 73.2 Å². The Labute approximate surface area is 696 Å². The van der Waals surface area contributed by atoms with Gasteiger partial charge in [0.05, 0.1) is 38.6 Å². The van der Waals surface area contributed by atoms with Crippen LogP contribution < -0.4 is 5.32 Å². The number of aliphatic hydroxyl groups excluding tert-OH is 11. The molecule has 3 fully saturated rings. The maximum Gasteiger partial charge on any atom is 0.220 e. The van der Waals surface area contributed by atoms with Crippen molar-refractivity contribution in [2.45, 2.75) is 548 Å². The zero-order valence-corrected chi connectivity index (χ0v) is 73.1. The third-order valence-electron chi connectivity index (χ3n) is 24.5. The number of ether oxygens (including phenoxy) is 6. The van der Waals surface area contributed by atoms with E-state index in [-0.39, 0.29) is 18.9 Å².